The van der Waals surface area contributed by atoms with Gasteiger partial charge in [0.15, 0.2) is 5.82 Å². The number of anilines is 3. The summed E-state index contributed by atoms with van der Waals surface area (Å²) in [5.74, 6) is -2.92. The lowest BCUT2D eigenvalue weighted by molar-refractivity contribution is 0.102. The maximum atomic E-state index is 13.7. The zero-order valence-corrected chi connectivity index (χ0v) is 22.3. The van der Waals surface area contributed by atoms with E-state index in [4.69, 9.17) is 0 Å². The Morgan fingerprint density at radius 3 is 2.45 bits per heavy atom. The number of aromatic nitrogens is 3. The molecule has 3 heterocycles. The van der Waals surface area contributed by atoms with Crippen molar-refractivity contribution in [1.82, 2.24) is 19.5 Å². The van der Waals surface area contributed by atoms with Crippen molar-refractivity contribution in [1.29, 1.82) is 0 Å². The number of carbonyl (C=O) groups is 2. The van der Waals surface area contributed by atoms with Crippen LogP contribution in [0, 0.1) is 11.6 Å². The highest BCUT2D eigenvalue weighted by atomic mass is 32.2. The molecule has 0 saturated heterocycles. The molecule has 208 valence electrons. The van der Waals surface area contributed by atoms with Gasteiger partial charge in [-0.3, -0.25) is 14.7 Å². The van der Waals surface area contributed by atoms with Gasteiger partial charge in [-0.1, -0.05) is 0 Å². The van der Waals surface area contributed by atoms with E-state index < -0.39 is 38.4 Å². The summed E-state index contributed by atoms with van der Waals surface area (Å²) < 4.78 is 54.8. The number of hydrogen-bond acceptors (Lipinski definition) is 6. The standard InChI is InChI=1S/C26H25F2N7O4S/c1-34(2)18-3-4-20(23(12-18)30-25(36)15-5-7-29-13-15)26(37)31-24-21-14-35(8-6-22(21)32-33-24)40(38,39)19-10-16(27)9-17(28)11-19/h3-5,7,9-13,29H,6,8,14H2,1-2H3,(H,30,36)(H2,31,32,33,37). The first-order valence-corrected chi connectivity index (χ1v) is 13.6. The smallest absolute Gasteiger partial charge is 0.258 e. The highest BCUT2D eigenvalue weighted by Crippen LogP contribution is 2.30. The Morgan fingerprint density at radius 1 is 1.02 bits per heavy atom. The monoisotopic (exact) mass is 569 g/mol. The van der Waals surface area contributed by atoms with Crippen molar-refractivity contribution >= 4 is 39.0 Å². The topological polar surface area (TPSA) is 143 Å². The molecule has 0 bridgehead atoms. The van der Waals surface area contributed by atoms with Crippen LogP contribution in [0.1, 0.15) is 32.0 Å². The summed E-state index contributed by atoms with van der Waals surface area (Å²) in [6.45, 7) is -0.136. The summed E-state index contributed by atoms with van der Waals surface area (Å²) >= 11 is 0. The van der Waals surface area contributed by atoms with E-state index in [1.54, 1.807) is 30.5 Å². The number of hydrogen-bond donors (Lipinski definition) is 4. The van der Waals surface area contributed by atoms with Gasteiger partial charge in [-0.25, -0.2) is 17.2 Å². The van der Waals surface area contributed by atoms with Crippen LogP contribution in [0.2, 0.25) is 0 Å². The molecule has 11 nitrogen and oxygen atoms in total. The molecule has 2 aromatic carbocycles. The van der Waals surface area contributed by atoms with Crippen molar-refractivity contribution in [3.8, 4) is 0 Å². The van der Waals surface area contributed by atoms with Crippen molar-refractivity contribution in [3.05, 3.63) is 88.9 Å². The third-order valence-corrected chi connectivity index (χ3v) is 8.30. The largest absolute Gasteiger partial charge is 0.378 e. The molecule has 0 aliphatic carbocycles. The zero-order chi connectivity index (χ0) is 28.6. The molecule has 4 N–H and O–H groups in total. The Hall–Kier alpha value is -4.56. The molecule has 0 unspecified atom stereocenters. The second-order valence-electron chi connectivity index (χ2n) is 9.36. The van der Waals surface area contributed by atoms with Crippen LogP contribution in [0.25, 0.3) is 0 Å². The number of rotatable bonds is 7. The second kappa shape index (κ2) is 10.5. The molecule has 0 atom stereocenters. The van der Waals surface area contributed by atoms with E-state index in [9.17, 15) is 26.8 Å². The molecule has 0 saturated carbocycles. The van der Waals surface area contributed by atoms with Crippen LogP contribution < -0.4 is 15.5 Å². The quantitative estimate of drug-likeness (QED) is 0.269. The molecule has 0 fully saturated rings. The van der Waals surface area contributed by atoms with Gasteiger partial charge in [-0.2, -0.15) is 9.40 Å². The lowest BCUT2D eigenvalue weighted by atomic mass is 10.1. The minimum absolute atomic E-state index is 0.0460. The first kappa shape index (κ1) is 27.0. The van der Waals surface area contributed by atoms with Crippen LogP contribution in [0.4, 0.5) is 26.0 Å². The molecule has 0 spiro atoms. The summed E-state index contributed by atoms with van der Waals surface area (Å²) in [4.78, 5) is 30.2. The number of sulfonamides is 1. The predicted octanol–water partition coefficient (Wildman–Crippen LogP) is 3.33. The van der Waals surface area contributed by atoms with Crippen LogP contribution in [-0.4, -0.2) is 60.4 Å². The molecule has 2 amide bonds. The number of fused-ring (bicyclic) bond motifs is 1. The van der Waals surface area contributed by atoms with Crippen molar-refractivity contribution in [3.63, 3.8) is 0 Å². The minimum atomic E-state index is -4.24. The van der Waals surface area contributed by atoms with Gasteiger partial charge >= 0.3 is 0 Å². The van der Waals surface area contributed by atoms with Gasteiger partial charge in [-0.05, 0) is 36.4 Å². The Bertz CT molecular complexity index is 1680. The lowest BCUT2D eigenvalue weighted by Crippen LogP contribution is -2.36. The van der Waals surface area contributed by atoms with Crippen molar-refractivity contribution < 1.29 is 26.8 Å². The molecule has 2 aromatic heterocycles. The SMILES string of the molecule is CN(C)c1ccc(C(=O)Nc2n[nH]c3c2CN(S(=O)(=O)c2cc(F)cc(F)c2)CC3)c(NC(=O)c2cc[nH]c2)c1. The Morgan fingerprint density at radius 2 is 1.77 bits per heavy atom. The first-order chi connectivity index (χ1) is 19.0. The van der Waals surface area contributed by atoms with E-state index in [1.165, 1.54) is 6.20 Å². The van der Waals surface area contributed by atoms with Gasteiger partial charge in [0, 0.05) is 69.0 Å². The second-order valence-corrected chi connectivity index (χ2v) is 11.3. The number of nitrogens with one attached hydrogen (secondary N) is 4. The van der Waals surface area contributed by atoms with Crippen molar-refractivity contribution in [2.75, 3.05) is 36.2 Å². The molecule has 5 rings (SSSR count). The normalized spacial score (nSPS) is 13.5. The fourth-order valence-corrected chi connectivity index (χ4v) is 5.80. The van der Waals surface area contributed by atoms with Gasteiger partial charge < -0.3 is 20.5 Å². The predicted molar refractivity (Wildman–Crippen MR) is 144 cm³/mol. The third-order valence-electron chi connectivity index (χ3n) is 6.48. The van der Waals surface area contributed by atoms with Crippen LogP contribution in [-0.2, 0) is 23.0 Å². The lowest BCUT2D eigenvalue weighted by Gasteiger charge is -2.26. The summed E-state index contributed by atoms with van der Waals surface area (Å²) in [7, 11) is -0.595. The molecule has 1 aliphatic heterocycles. The molecule has 4 aromatic rings. The van der Waals surface area contributed by atoms with Gasteiger partial charge in [0.2, 0.25) is 10.0 Å². The van der Waals surface area contributed by atoms with Gasteiger partial charge in [-0.15, -0.1) is 0 Å². The average Bonchev–Trinajstić information content (AvgIpc) is 3.58. The third kappa shape index (κ3) is 5.31. The van der Waals surface area contributed by atoms with Crippen LogP contribution in [0.3, 0.4) is 0 Å². The van der Waals surface area contributed by atoms with Crippen LogP contribution in [0.5, 0.6) is 0 Å². The maximum absolute atomic E-state index is 13.7. The van der Waals surface area contributed by atoms with E-state index in [1.807, 2.05) is 19.0 Å². The minimum Gasteiger partial charge on any atom is -0.378 e. The average molecular weight is 570 g/mol. The zero-order valence-electron chi connectivity index (χ0n) is 21.5. The molecule has 40 heavy (non-hydrogen) atoms. The van der Waals surface area contributed by atoms with Gasteiger partial charge in [0.05, 0.1) is 21.7 Å². The summed E-state index contributed by atoms with van der Waals surface area (Å²) in [6.07, 6.45) is 3.37. The Balaban J connectivity index is 1.41. The number of benzene rings is 2. The highest BCUT2D eigenvalue weighted by Gasteiger charge is 2.32. The maximum Gasteiger partial charge on any atom is 0.258 e. The van der Waals surface area contributed by atoms with E-state index in [0.29, 0.717) is 22.9 Å². The molecular formula is C26H25F2N7O4S. The molecule has 0 radical (unpaired) electrons. The van der Waals surface area contributed by atoms with E-state index in [-0.39, 0.29) is 36.6 Å². The molecular weight excluding hydrogens is 544 g/mol. The van der Waals surface area contributed by atoms with E-state index in [0.717, 1.165) is 22.1 Å². The van der Waals surface area contributed by atoms with E-state index in [2.05, 4.69) is 25.8 Å². The number of halogens is 2. The molecule has 1 aliphatic rings. The number of aromatic amines is 2. The Labute approximate surface area is 228 Å². The van der Waals surface area contributed by atoms with Gasteiger partial charge in [0.1, 0.15) is 11.6 Å². The van der Waals surface area contributed by atoms with Crippen molar-refractivity contribution in [2.24, 2.45) is 0 Å². The summed E-state index contributed by atoms with van der Waals surface area (Å²) in [6, 6.07) is 8.64. The van der Waals surface area contributed by atoms with Crippen molar-refractivity contribution in [2.45, 2.75) is 17.9 Å². The first-order valence-electron chi connectivity index (χ1n) is 12.1. The fraction of sp³-hybridized carbons (Fsp3) is 0.192. The number of H-pyrrole nitrogens is 2. The number of amides is 2. The fourth-order valence-electron chi connectivity index (χ4n) is 4.35. The number of nitrogens with zero attached hydrogens (tertiary/aromatic N) is 3. The van der Waals surface area contributed by atoms with E-state index >= 15 is 0 Å². The molecule has 14 heteroatoms. The number of carbonyl (C=O) groups excluding carboxylic acids is 2. The Kier molecular flexibility index (Phi) is 7.12. The summed E-state index contributed by atoms with van der Waals surface area (Å²) in [5, 5.41) is 12.4. The van der Waals surface area contributed by atoms with Gasteiger partial charge in [0.25, 0.3) is 11.8 Å². The summed E-state index contributed by atoms with van der Waals surface area (Å²) in [5.41, 5.74) is 2.58. The van der Waals surface area contributed by atoms with Crippen LogP contribution in [0.15, 0.2) is 59.8 Å². The highest BCUT2D eigenvalue weighted by molar-refractivity contribution is 7.89. The van der Waals surface area contributed by atoms with Crippen LogP contribution >= 0.6 is 0 Å².